The molecular formula is C22H22FNO. The van der Waals surface area contributed by atoms with Crippen LogP contribution in [0.4, 0.5) is 10.1 Å². The minimum atomic E-state index is -0.243. The zero-order chi connectivity index (χ0) is 17.6. The van der Waals surface area contributed by atoms with E-state index in [0.717, 1.165) is 29.1 Å². The Balaban J connectivity index is 1.62. The fourth-order valence-electron chi connectivity index (χ4n) is 2.66. The number of hydrogen-bond acceptors (Lipinski definition) is 2. The third kappa shape index (κ3) is 4.83. The Hall–Kier alpha value is -2.81. The Morgan fingerprint density at radius 2 is 1.68 bits per heavy atom. The summed E-state index contributed by atoms with van der Waals surface area (Å²) in [5, 5.41) is 3.47. The molecule has 0 aliphatic carbocycles. The van der Waals surface area contributed by atoms with Crippen LogP contribution in [-0.2, 0) is 13.2 Å². The van der Waals surface area contributed by atoms with E-state index >= 15 is 0 Å². The van der Waals surface area contributed by atoms with E-state index in [2.05, 4.69) is 43.4 Å². The fraction of sp³-hybridized carbons (Fsp3) is 0.182. The van der Waals surface area contributed by atoms with Crippen LogP contribution in [0.2, 0.25) is 0 Å². The molecule has 0 heterocycles. The van der Waals surface area contributed by atoms with Crippen LogP contribution in [0.15, 0.2) is 66.7 Å². The maximum Gasteiger partial charge on any atom is 0.123 e. The molecule has 25 heavy (non-hydrogen) atoms. The van der Waals surface area contributed by atoms with Crippen molar-refractivity contribution in [3.63, 3.8) is 0 Å². The van der Waals surface area contributed by atoms with Crippen molar-refractivity contribution >= 4 is 5.69 Å². The molecule has 1 N–H and O–H groups in total. The van der Waals surface area contributed by atoms with Gasteiger partial charge in [0.25, 0.3) is 0 Å². The highest BCUT2D eigenvalue weighted by molar-refractivity contribution is 5.52. The number of anilines is 1. The normalized spacial score (nSPS) is 10.5. The molecule has 128 valence electrons. The van der Waals surface area contributed by atoms with Gasteiger partial charge in [0.2, 0.25) is 0 Å². The van der Waals surface area contributed by atoms with E-state index in [-0.39, 0.29) is 5.82 Å². The average Bonchev–Trinajstić information content (AvgIpc) is 2.61. The summed E-state index contributed by atoms with van der Waals surface area (Å²) in [4.78, 5) is 0. The van der Waals surface area contributed by atoms with Crippen molar-refractivity contribution in [2.45, 2.75) is 27.0 Å². The summed E-state index contributed by atoms with van der Waals surface area (Å²) >= 11 is 0. The lowest BCUT2D eigenvalue weighted by atomic mass is 10.1. The van der Waals surface area contributed by atoms with Gasteiger partial charge in [-0.25, -0.2) is 4.39 Å². The number of halogens is 1. The number of aryl methyl sites for hydroxylation is 2. The summed E-state index contributed by atoms with van der Waals surface area (Å²) < 4.78 is 19.0. The van der Waals surface area contributed by atoms with E-state index in [1.54, 1.807) is 6.07 Å². The zero-order valence-corrected chi connectivity index (χ0v) is 14.6. The zero-order valence-electron chi connectivity index (χ0n) is 14.6. The highest BCUT2D eigenvalue weighted by Gasteiger charge is 2.02. The molecule has 3 aromatic carbocycles. The Morgan fingerprint density at radius 1 is 0.880 bits per heavy atom. The van der Waals surface area contributed by atoms with Gasteiger partial charge in [-0.15, -0.1) is 0 Å². The maximum atomic E-state index is 13.2. The molecule has 0 saturated carbocycles. The summed E-state index contributed by atoms with van der Waals surface area (Å²) in [7, 11) is 0. The summed E-state index contributed by atoms with van der Waals surface area (Å²) in [5.74, 6) is 0.539. The molecule has 0 aromatic heterocycles. The first-order valence-electron chi connectivity index (χ1n) is 8.37. The molecule has 3 rings (SSSR count). The SMILES string of the molecule is Cc1ccc(C)c(NCc2cccc(OCc3cccc(F)c3)c2)c1. The molecule has 0 aliphatic rings. The van der Waals surface area contributed by atoms with Gasteiger partial charge < -0.3 is 10.1 Å². The van der Waals surface area contributed by atoms with Gasteiger partial charge in [0.1, 0.15) is 18.2 Å². The van der Waals surface area contributed by atoms with Gasteiger partial charge in [-0.3, -0.25) is 0 Å². The van der Waals surface area contributed by atoms with E-state index in [1.807, 2.05) is 24.3 Å². The molecule has 0 saturated heterocycles. The van der Waals surface area contributed by atoms with Crippen molar-refractivity contribution in [3.8, 4) is 5.75 Å². The molecule has 0 bridgehead atoms. The van der Waals surface area contributed by atoms with E-state index in [0.29, 0.717) is 6.61 Å². The standard InChI is InChI=1S/C22H22FNO/c1-16-9-10-17(2)22(11-16)24-14-18-5-4-8-21(13-18)25-15-19-6-3-7-20(23)12-19/h3-13,24H,14-15H2,1-2H3. The average molecular weight is 335 g/mol. The second-order valence-electron chi connectivity index (χ2n) is 6.24. The van der Waals surface area contributed by atoms with Gasteiger partial charge in [0, 0.05) is 12.2 Å². The van der Waals surface area contributed by atoms with Crippen molar-refractivity contribution in [2.75, 3.05) is 5.32 Å². The van der Waals surface area contributed by atoms with Gasteiger partial charge in [-0.2, -0.15) is 0 Å². The van der Waals surface area contributed by atoms with Gasteiger partial charge in [0.15, 0.2) is 0 Å². The molecule has 0 unspecified atom stereocenters. The van der Waals surface area contributed by atoms with E-state index in [1.165, 1.54) is 23.3 Å². The van der Waals surface area contributed by atoms with E-state index in [4.69, 9.17) is 4.74 Å². The van der Waals surface area contributed by atoms with Gasteiger partial charge in [-0.05, 0) is 66.4 Å². The van der Waals surface area contributed by atoms with Gasteiger partial charge in [-0.1, -0.05) is 36.4 Å². The molecule has 0 aliphatic heterocycles. The molecular weight excluding hydrogens is 313 g/mol. The van der Waals surface area contributed by atoms with Crippen LogP contribution in [-0.4, -0.2) is 0 Å². The minimum Gasteiger partial charge on any atom is -0.489 e. The first-order valence-corrected chi connectivity index (χ1v) is 8.37. The van der Waals surface area contributed by atoms with Crippen molar-refractivity contribution in [3.05, 3.63) is 94.8 Å². The highest BCUT2D eigenvalue weighted by Crippen LogP contribution is 2.20. The Labute approximate surface area is 148 Å². The molecule has 0 fully saturated rings. The molecule has 0 atom stereocenters. The van der Waals surface area contributed by atoms with Crippen LogP contribution in [0.1, 0.15) is 22.3 Å². The topological polar surface area (TPSA) is 21.3 Å². The Morgan fingerprint density at radius 3 is 2.52 bits per heavy atom. The van der Waals surface area contributed by atoms with Crippen LogP contribution >= 0.6 is 0 Å². The van der Waals surface area contributed by atoms with Crippen molar-refractivity contribution in [1.29, 1.82) is 0 Å². The molecule has 0 spiro atoms. The Kier molecular flexibility index (Phi) is 5.34. The van der Waals surface area contributed by atoms with Crippen molar-refractivity contribution in [1.82, 2.24) is 0 Å². The van der Waals surface area contributed by atoms with Crippen LogP contribution in [0, 0.1) is 19.7 Å². The molecule has 3 aromatic rings. The third-order valence-corrected chi connectivity index (χ3v) is 4.07. The fourth-order valence-corrected chi connectivity index (χ4v) is 2.66. The van der Waals surface area contributed by atoms with Crippen LogP contribution in [0.3, 0.4) is 0 Å². The quantitative estimate of drug-likeness (QED) is 0.630. The second-order valence-corrected chi connectivity index (χ2v) is 6.24. The summed E-state index contributed by atoms with van der Waals surface area (Å²) in [6.45, 7) is 5.26. The molecule has 0 radical (unpaired) electrons. The smallest absolute Gasteiger partial charge is 0.123 e. The highest BCUT2D eigenvalue weighted by atomic mass is 19.1. The van der Waals surface area contributed by atoms with E-state index < -0.39 is 0 Å². The van der Waals surface area contributed by atoms with Gasteiger partial charge >= 0.3 is 0 Å². The van der Waals surface area contributed by atoms with Crippen LogP contribution in [0.25, 0.3) is 0 Å². The number of rotatable bonds is 6. The first-order chi connectivity index (χ1) is 12.1. The molecule has 3 heteroatoms. The monoisotopic (exact) mass is 335 g/mol. The van der Waals surface area contributed by atoms with Crippen molar-refractivity contribution < 1.29 is 9.13 Å². The lowest BCUT2D eigenvalue weighted by Gasteiger charge is -2.12. The minimum absolute atomic E-state index is 0.243. The summed E-state index contributed by atoms with van der Waals surface area (Å²) in [6.07, 6.45) is 0. The third-order valence-electron chi connectivity index (χ3n) is 4.07. The lowest BCUT2D eigenvalue weighted by molar-refractivity contribution is 0.305. The van der Waals surface area contributed by atoms with Crippen LogP contribution in [0.5, 0.6) is 5.75 Å². The number of hydrogen-bond donors (Lipinski definition) is 1. The largest absolute Gasteiger partial charge is 0.489 e. The summed E-state index contributed by atoms with van der Waals surface area (Å²) in [5.41, 5.74) is 5.56. The predicted octanol–water partition coefficient (Wildman–Crippen LogP) is 5.63. The summed E-state index contributed by atoms with van der Waals surface area (Å²) in [6, 6.07) is 20.8. The predicted molar refractivity (Wildman–Crippen MR) is 100 cm³/mol. The maximum absolute atomic E-state index is 13.2. The van der Waals surface area contributed by atoms with Gasteiger partial charge in [0.05, 0.1) is 0 Å². The van der Waals surface area contributed by atoms with E-state index in [9.17, 15) is 4.39 Å². The molecule has 0 amide bonds. The Bertz CT molecular complexity index is 860. The number of ether oxygens (including phenoxy) is 1. The van der Waals surface area contributed by atoms with Crippen molar-refractivity contribution in [2.24, 2.45) is 0 Å². The number of benzene rings is 3. The second kappa shape index (κ2) is 7.84. The lowest BCUT2D eigenvalue weighted by Crippen LogP contribution is -2.02. The van der Waals surface area contributed by atoms with Crippen LogP contribution < -0.4 is 10.1 Å². The number of nitrogens with one attached hydrogen (secondary N) is 1. The molecule has 2 nitrogen and oxygen atoms in total. The first kappa shape index (κ1) is 17.0.